The topological polar surface area (TPSA) is 60.9 Å². The van der Waals surface area contributed by atoms with Crippen molar-refractivity contribution in [3.05, 3.63) is 58.9 Å². The molecule has 2 fully saturated rings. The van der Waals surface area contributed by atoms with Gasteiger partial charge in [-0.05, 0) is 55.5 Å². The van der Waals surface area contributed by atoms with Gasteiger partial charge in [0.2, 0.25) is 0 Å². The Hall–Kier alpha value is -2.89. The highest BCUT2D eigenvalue weighted by Crippen LogP contribution is 2.35. The summed E-state index contributed by atoms with van der Waals surface area (Å²) in [4.78, 5) is 28.1. The van der Waals surface area contributed by atoms with Gasteiger partial charge in [-0.25, -0.2) is 4.39 Å². The maximum absolute atomic E-state index is 13.9. The minimum atomic E-state index is -0.960. The molecule has 0 aromatic heterocycles. The van der Waals surface area contributed by atoms with E-state index in [-0.39, 0.29) is 23.1 Å². The number of carbonyl (C=O) groups excluding carboxylic acids is 2. The fourth-order valence-electron chi connectivity index (χ4n) is 4.24. The van der Waals surface area contributed by atoms with E-state index in [0.29, 0.717) is 12.8 Å². The lowest BCUT2D eigenvalue weighted by molar-refractivity contribution is 0.0735. The van der Waals surface area contributed by atoms with Gasteiger partial charge in [-0.1, -0.05) is 12.1 Å². The second-order valence-corrected chi connectivity index (χ2v) is 7.46. The van der Waals surface area contributed by atoms with Crippen molar-refractivity contribution in [2.75, 3.05) is 24.5 Å². The van der Waals surface area contributed by atoms with Crippen LogP contribution in [0, 0.1) is 5.82 Å². The third-order valence-electron chi connectivity index (χ3n) is 5.73. The predicted octanol–water partition coefficient (Wildman–Crippen LogP) is 3.92. The summed E-state index contributed by atoms with van der Waals surface area (Å²) in [6.07, 6.45) is 4.51. The summed E-state index contributed by atoms with van der Waals surface area (Å²) in [7, 11) is 0. The van der Waals surface area contributed by atoms with Crippen LogP contribution in [0.1, 0.15) is 58.0 Å². The zero-order chi connectivity index (χ0) is 19.7. The normalized spacial score (nSPS) is 19.2. The van der Waals surface area contributed by atoms with Crippen LogP contribution in [0.2, 0.25) is 0 Å². The van der Waals surface area contributed by atoms with Gasteiger partial charge in [0.25, 0.3) is 5.91 Å². The number of likely N-dealkylation sites (tertiary alicyclic amines) is 1. The van der Waals surface area contributed by atoms with Crippen LogP contribution in [0.3, 0.4) is 0 Å². The minimum absolute atomic E-state index is 0.0725. The predicted molar refractivity (Wildman–Crippen MR) is 104 cm³/mol. The molecule has 2 aliphatic rings. The minimum Gasteiger partial charge on any atom is -0.504 e. The molecular formula is C22H23FN2O3. The van der Waals surface area contributed by atoms with Crippen LogP contribution in [0.4, 0.5) is 10.1 Å². The first-order valence-corrected chi connectivity index (χ1v) is 9.72. The van der Waals surface area contributed by atoms with Crippen molar-refractivity contribution >= 4 is 17.9 Å². The average molecular weight is 382 g/mol. The zero-order valence-electron chi connectivity index (χ0n) is 15.6. The second-order valence-electron chi connectivity index (χ2n) is 7.46. The molecule has 4 rings (SSSR count). The summed E-state index contributed by atoms with van der Waals surface area (Å²) in [5, 5.41) is 9.58. The fourth-order valence-corrected chi connectivity index (χ4v) is 4.24. The summed E-state index contributed by atoms with van der Waals surface area (Å²) >= 11 is 0. The summed E-state index contributed by atoms with van der Waals surface area (Å²) < 4.78 is 13.9. The van der Waals surface area contributed by atoms with Crippen molar-refractivity contribution in [3.63, 3.8) is 0 Å². The Bertz CT molecular complexity index is 891. The van der Waals surface area contributed by atoms with E-state index in [4.69, 9.17) is 0 Å². The van der Waals surface area contributed by atoms with Crippen LogP contribution >= 0.6 is 0 Å². The molecule has 0 aliphatic carbocycles. The average Bonchev–Trinajstić information content (AvgIpc) is 3.41. The van der Waals surface area contributed by atoms with Gasteiger partial charge in [0.05, 0.1) is 11.6 Å². The number of benzene rings is 2. The molecule has 0 radical (unpaired) electrons. The highest BCUT2D eigenvalue weighted by atomic mass is 19.1. The number of phenolic OH excluding ortho intramolecular Hbond substituents is 1. The van der Waals surface area contributed by atoms with Crippen LogP contribution < -0.4 is 4.90 Å². The first-order chi connectivity index (χ1) is 13.6. The van der Waals surface area contributed by atoms with E-state index in [0.717, 1.165) is 37.6 Å². The van der Waals surface area contributed by atoms with Crippen LogP contribution in [0.5, 0.6) is 5.75 Å². The Morgan fingerprint density at radius 3 is 2.46 bits per heavy atom. The van der Waals surface area contributed by atoms with E-state index in [2.05, 4.69) is 29.2 Å². The number of anilines is 1. The number of aromatic hydroxyl groups is 1. The lowest BCUT2D eigenvalue weighted by Crippen LogP contribution is -2.30. The SMILES string of the molecule is O=Cc1cc(C(=O)N2CCCC2c2ccc(N3CCCC3)cc2)cc(F)c1O. The summed E-state index contributed by atoms with van der Waals surface area (Å²) in [5.74, 6) is -2.01. The third-order valence-corrected chi connectivity index (χ3v) is 5.73. The highest BCUT2D eigenvalue weighted by molar-refractivity contribution is 5.97. The maximum Gasteiger partial charge on any atom is 0.254 e. The van der Waals surface area contributed by atoms with Gasteiger partial charge >= 0.3 is 0 Å². The number of phenols is 1. The van der Waals surface area contributed by atoms with Gasteiger partial charge in [0.15, 0.2) is 17.9 Å². The molecule has 2 aromatic carbocycles. The highest BCUT2D eigenvalue weighted by Gasteiger charge is 2.31. The van der Waals surface area contributed by atoms with Crippen LogP contribution in [0.15, 0.2) is 36.4 Å². The van der Waals surface area contributed by atoms with Gasteiger partial charge in [-0.15, -0.1) is 0 Å². The van der Waals surface area contributed by atoms with Crippen molar-refractivity contribution in [2.45, 2.75) is 31.7 Å². The molecule has 0 spiro atoms. The molecule has 2 saturated heterocycles. The lowest BCUT2D eigenvalue weighted by Gasteiger charge is -2.26. The molecule has 0 bridgehead atoms. The summed E-state index contributed by atoms with van der Waals surface area (Å²) in [6.45, 7) is 2.74. The molecule has 146 valence electrons. The number of halogens is 1. The Morgan fingerprint density at radius 1 is 1.07 bits per heavy atom. The van der Waals surface area contributed by atoms with Gasteiger partial charge < -0.3 is 14.9 Å². The molecule has 2 aromatic rings. The van der Waals surface area contributed by atoms with Crippen molar-refractivity contribution in [1.82, 2.24) is 4.90 Å². The van der Waals surface area contributed by atoms with Crippen molar-refractivity contribution in [3.8, 4) is 5.75 Å². The molecule has 1 atom stereocenters. The second kappa shape index (κ2) is 7.62. The van der Waals surface area contributed by atoms with E-state index in [9.17, 15) is 19.1 Å². The fraction of sp³-hybridized carbons (Fsp3) is 0.364. The third kappa shape index (κ3) is 3.35. The number of rotatable bonds is 4. The van der Waals surface area contributed by atoms with Crippen LogP contribution in [0.25, 0.3) is 0 Å². The van der Waals surface area contributed by atoms with Crippen molar-refractivity contribution in [2.24, 2.45) is 0 Å². The lowest BCUT2D eigenvalue weighted by atomic mass is 10.0. The zero-order valence-corrected chi connectivity index (χ0v) is 15.6. The number of carbonyl (C=O) groups is 2. The van der Waals surface area contributed by atoms with E-state index in [1.807, 2.05) is 0 Å². The van der Waals surface area contributed by atoms with E-state index < -0.39 is 11.6 Å². The molecular weight excluding hydrogens is 359 g/mol. The van der Waals surface area contributed by atoms with Crippen LogP contribution in [-0.4, -0.2) is 41.8 Å². The quantitative estimate of drug-likeness (QED) is 0.814. The van der Waals surface area contributed by atoms with Gasteiger partial charge in [0.1, 0.15) is 0 Å². The first kappa shape index (κ1) is 18.5. The Balaban J connectivity index is 1.57. The number of hydrogen-bond donors (Lipinski definition) is 1. The van der Waals surface area contributed by atoms with Gasteiger partial charge in [-0.3, -0.25) is 9.59 Å². The molecule has 28 heavy (non-hydrogen) atoms. The number of nitrogens with zero attached hydrogens (tertiary/aromatic N) is 2. The van der Waals surface area contributed by atoms with Gasteiger partial charge in [0, 0.05) is 30.9 Å². The molecule has 6 heteroatoms. The van der Waals surface area contributed by atoms with E-state index >= 15 is 0 Å². The van der Waals surface area contributed by atoms with Crippen LogP contribution in [-0.2, 0) is 0 Å². The smallest absolute Gasteiger partial charge is 0.254 e. The monoisotopic (exact) mass is 382 g/mol. The first-order valence-electron chi connectivity index (χ1n) is 9.72. The van der Waals surface area contributed by atoms with Crippen molar-refractivity contribution in [1.29, 1.82) is 0 Å². The molecule has 2 aliphatic heterocycles. The maximum atomic E-state index is 13.9. The molecule has 0 saturated carbocycles. The summed E-state index contributed by atoms with van der Waals surface area (Å²) in [5.41, 5.74) is 2.13. The largest absolute Gasteiger partial charge is 0.504 e. The molecule has 5 nitrogen and oxygen atoms in total. The van der Waals surface area contributed by atoms with Gasteiger partial charge in [-0.2, -0.15) is 0 Å². The summed E-state index contributed by atoms with van der Waals surface area (Å²) in [6, 6.07) is 10.5. The van der Waals surface area contributed by atoms with E-state index in [1.54, 1.807) is 4.90 Å². The standard InChI is InChI=1S/C22H23FN2O3/c23-19-13-16(12-17(14-26)21(19)27)22(28)25-11-3-4-20(25)15-5-7-18(8-6-15)24-9-1-2-10-24/h5-8,12-14,20,27H,1-4,9-11H2. The van der Waals surface area contributed by atoms with E-state index in [1.165, 1.54) is 24.6 Å². The molecule has 2 heterocycles. The number of amides is 1. The molecule has 1 unspecified atom stereocenters. The molecule has 1 amide bonds. The number of hydrogen-bond acceptors (Lipinski definition) is 4. The number of aldehydes is 1. The molecule has 1 N–H and O–H groups in total. The Kier molecular flexibility index (Phi) is 5.03. The Labute approximate surface area is 163 Å². The van der Waals surface area contributed by atoms with Crippen molar-refractivity contribution < 1.29 is 19.1 Å². The Morgan fingerprint density at radius 2 is 1.79 bits per heavy atom.